The molecule has 0 heterocycles. The number of carbonyl (C=O) groups excluding carboxylic acids is 1. The Kier molecular flexibility index (Phi) is 5.88. The molecule has 0 aliphatic carbocycles. The number of hydroxylamine groups is 1. The molecule has 0 spiro atoms. The quantitative estimate of drug-likeness (QED) is 0.308. The topological polar surface area (TPSA) is 107 Å². The van der Waals surface area contributed by atoms with Gasteiger partial charge in [-0.05, 0) is 42.0 Å². The lowest BCUT2D eigenvalue weighted by Gasteiger charge is -2.22. The number of nitrogens with one attached hydrogen (secondary N) is 1. The summed E-state index contributed by atoms with van der Waals surface area (Å²) in [6, 6.07) is 8.65. The first-order valence-corrected chi connectivity index (χ1v) is 8.59. The Labute approximate surface area is 152 Å². The number of carbonyl (C=O) groups is 1. The maximum Gasteiger partial charge on any atom is 0.416 e. The van der Waals surface area contributed by atoms with Gasteiger partial charge >= 0.3 is 16.5 Å². The number of amides is 1. The fraction of sp³-hybridized carbons (Fsp3) is 0.0625. The Balaban J connectivity index is 2.44. The zero-order valence-electron chi connectivity index (χ0n) is 13.4. The molecule has 0 aliphatic heterocycles. The Morgan fingerprint density at radius 1 is 1.07 bits per heavy atom. The summed E-state index contributed by atoms with van der Waals surface area (Å²) in [6.07, 6.45) is -2.39. The van der Waals surface area contributed by atoms with Crippen molar-refractivity contribution >= 4 is 33.7 Å². The first kappa shape index (κ1) is 20.4. The molecule has 2 aromatic rings. The van der Waals surface area contributed by atoms with Crippen LogP contribution in [-0.4, -0.2) is 24.1 Å². The molecule has 27 heavy (non-hydrogen) atoms. The zero-order chi connectivity index (χ0) is 20.2. The molecule has 0 saturated carbocycles. The average Bonchev–Trinajstić information content (AvgIpc) is 2.59. The second kappa shape index (κ2) is 7.78. The predicted octanol–water partition coefficient (Wildman–Crippen LogP) is 3.16. The van der Waals surface area contributed by atoms with Gasteiger partial charge in [-0.2, -0.15) is 21.6 Å². The number of hydrogen-bond donors (Lipinski definition) is 3. The molecule has 144 valence electrons. The molecular weight excluding hydrogens is 389 g/mol. The fourth-order valence-electron chi connectivity index (χ4n) is 2.15. The molecule has 0 atom stereocenters. The van der Waals surface area contributed by atoms with E-state index in [9.17, 15) is 30.9 Å². The molecule has 0 unspecified atom stereocenters. The van der Waals surface area contributed by atoms with E-state index in [1.165, 1.54) is 35.8 Å². The number of hydrogen-bond acceptors (Lipinski definition) is 4. The minimum Gasteiger partial charge on any atom is -0.288 e. The molecule has 3 N–H and O–H groups in total. The van der Waals surface area contributed by atoms with Crippen LogP contribution in [0.3, 0.4) is 0 Å². The van der Waals surface area contributed by atoms with Gasteiger partial charge < -0.3 is 0 Å². The predicted molar refractivity (Wildman–Crippen MR) is 90.5 cm³/mol. The van der Waals surface area contributed by atoms with E-state index in [0.29, 0.717) is 15.9 Å². The van der Waals surface area contributed by atoms with Gasteiger partial charge in [-0.25, -0.2) is 9.79 Å². The van der Waals surface area contributed by atoms with Crippen molar-refractivity contribution in [2.75, 3.05) is 4.31 Å². The highest BCUT2D eigenvalue weighted by atomic mass is 32.2. The van der Waals surface area contributed by atoms with Crippen molar-refractivity contribution in [3.63, 3.8) is 0 Å². The van der Waals surface area contributed by atoms with Crippen molar-refractivity contribution in [3.05, 3.63) is 65.7 Å². The smallest absolute Gasteiger partial charge is 0.288 e. The summed E-state index contributed by atoms with van der Waals surface area (Å²) in [5.74, 6) is -0.789. The molecule has 2 aromatic carbocycles. The Morgan fingerprint density at radius 3 is 2.22 bits per heavy atom. The lowest BCUT2D eigenvalue weighted by atomic mass is 10.1. The molecule has 1 amide bonds. The number of halogens is 3. The largest absolute Gasteiger partial charge is 0.416 e. The number of anilines is 2. The molecule has 0 radical (unpaired) electrons. The van der Waals surface area contributed by atoms with E-state index in [-0.39, 0.29) is 5.69 Å². The third-order valence-corrected chi connectivity index (χ3v) is 4.19. The summed E-state index contributed by atoms with van der Waals surface area (Å²) >= 11 is 0. The minimum absolute atomic E-state index is 0.124. The highest BCUT2D eigenvalue weighted by molar-refractivity contribution is 7.87. The van der Waals surface area contributed by atoms with Crippen LogP contribution in [0.4, 0.5) is 24.5 Å². The highest BCUT2D eigenvalue weighted by Gasteiger charge is 2.32. The van der Waals surface area contributed by atoms with E-state index in [1.54, 1.807) is 0 Å². The van der Waals surface area contributed by atoms with E-state index < -0.39 is 33.6 Å². The second-order valence-corrected chi connectivity index (χ2v) is 6.45. The van der Waals surface area contributed by atoms with Crippen LogP contribution < -0.4 is 9.79 Å². The molecule has 0 bridgehead atoms. The fourth-order valence-corrected chi connectivity index (χ4v) is 2.92. The summed E-state index contributed by atoms with van der Waals surface area (Å²) in [7, 11) is -4.92. The lowest BCUT2D eigenvalue weighted by Crippen LogP contribution is -2.25. The van der Waals surface area contributed by atoms with Crippen LogP contribution in [0.5, 0.6) is 0 Å². The number of rotatable bonds is 5. The van der Waals surface area contributed by atoms with Crippen LogP contribution in [0.15, 0.2) is 54.6 Å². The number of alkyl halides is 3. The molecule has 0 aromatic heterocycles. The maximum absolute atomic E-state index is 12.9. The van der Waals surface area contributed by atoms with Gasteiger partial charge in [-0.3, -0.25) is 14.6 Å². The van der Waals surface area contributed by atoms with Crippen molar-refractivity contribution in [3.8, 4) is 0 Å². The van der Waals surface area contributed by atoms with Gasteiger partial charge in [0, 0.05) is 6.08 Å². The molecule has 0 aliphatic rings. The van der Waals surface area contributed by atoms with Crippen LogP contribution >= 0.6 is 0 Å². The number of nitrogens with zero attached hydrogens (tertiary/aromatic N) is 1. The maximum atomic E-state index is 12.9. The normalized spacial score (nSPS) is 12.2. The van der Waals surface area contributed by atoms with E-state index in [4.69, 9.17) is 5.21 Å². The zero-order valence-corrected chi connectivity index (χ0v) is 14.2. The molecule has 7 nitrogen and oxygen atoms in total. The second-order valence-electron chi connectivity index (χ2n) is 5.19. The minimum atomic E-state index is -4.92. The Morgan fingerprint density at radius 2 is 1.70 bits per heavy atom. The molecule has 11 heteroatoms. The summed E-state index contributed by atoms with van der Waals surface area (Å²) in [5, 5.41) is 8.39. The Hall–Kier alpha value is -2.89. The SMILES string of the molecule is O=C(/C=C/c1ccc(N(c2cccc(C(F)(F)F)c2)S(=O)(=O)O)cc1)NO. The molecule has 0 fully saturated rings. The summed E-state index contributed by atoms with van der Waals surface area (Å²) in [6.45, 7) is 0. The Bertz CT molecular complexity index is 957. The standard InChI is InChI=1S/C16H13F3N2O5S/c17-16(18,19)12-2-1-3-14(10-12)21(27(24,25)26)13-7-4-11(5-8-13)6-9-15(22)20-23/h1-10,23H,(H,20,22)(H,24,25,26)/b9-6+. The third kappa shape index (κ3) is 5.29. The average molecular weight is 402 g/mol. The van der Waals surface area contributed by atoms with Gasteiger partial charge in [0.1, 0.15) is 0 Å². The molecular formula is C16H13F3N2O5S. The van der Waals surface area contributed by atoms with Gasteiger partial charge in [0.2, 0.25) is 0 Å². The van der Waals surface area contributed by atoms with Gasteiger partial charge in [0.25, 0.3) is 5.91 Å². The van der Waals surface area contributed by atoms with Crippen LogP contribution in [0.1, 0.15) is 11.1 Å². The van der Waals surface area contributed by atoms with Gasteiger partial charge in [-0.15, -0.1) is 0 Å². The monoisotopic (exact) mass is 402 g/mol. The van der Waals surface area contributed by atoms with Crippen molar-refractivity contribution in [2.24, 2.45) is 0 Å². The number of benzene rings is 2. The lowest BCUT2D eigenvalue weighted by molar-refractivity contribution is -0.137. The van der Waals surface area contributed by atoms with Gasteiger partial charge in [0.15, 0.2) is 0 Å². The third-order valence-electron chi connectivity index (χ3n) is 3.30. The van der Waals surface area contributed by atoms with Gasteiger partial charge in [-0.1, -0.05) is 18.2 Å². The van der Waals surface area contributed by atoms with Crippen LogP contribution in [-0.2, 0) is 21.3 Å². The first-order valence-electron chi connectivity index (χ1n) is 7.19. The van der Waals surface area contributed by atoms with Crippen LogP contribution in [0, 0.1) is 0 Å². The van der Waals surface area contributed by atoms with E-state index >= 15 is 0 Å². The summed E-state index contributed by atoms with van der Waals surface area (Å²) in [4.78, 5) is 10.9. The van der Waals surface area contributed by atoms with E-state index in [2.05, 4.69) is 0 Å². The van der Waals surface area contributed by atoms with E-state index in [0.717, 1.165) is 24.3 Å². The van der Waals surface area contributed by atoms with Crippen LogP contribution in [0.2, 0.25) is 0 Å². The van der Waals surface area contributed by atoms with Crippen molar-refractivity contribution in [1.29, 1.82) is 0 Å². The van der Waals surface area contributed by atoms with Gasteiger partial charge in [0.05, 0.1) is 16.9 Å². The van der Waals surface area contributed by atoms with Crippen LogP contribution in [0.25, 0.3) is 6.08 Å². The highest BCUT2D eigenvalue weighted by Crippen LogP contribution is 2.35. The summed E-state index contributed by atoms with van der Waals surface area (Å²) < 4.78 is 71.9. The molecule has 2 rings (SSSR count). The molecule has 0 saturated heterocycles. The first-order chi connectivity index (χ1) is 12.5. The van der Waals surface area contributed by atoms with E-state index in [1.807, 2.05) is 0 Å². The van der Waals surface area contributed by atoms with Crippen molar-refractivity contribution in [2.45, 2.75) is 6.18 Å². The summed E-state index contributed by atoms with van der Waals surface area (Å²) in [5.41, 5.74) is 0.206. The van der Waals surface area contributed by atoms with Crippen molar-refractivity contribution in [1.82, 2.24) is 5.48 Å². The van der Waals surface area contributed by atoms with Crippen molar-refractivity contribution < 1.29 is 36.1 Å².